The van der Waals surface area contributed by atoms with Crippen LogP contribution >= 0.6 is 0 Å². The maximum Gasteiger partial charge on any atom is 0.249 e. The fraction of sp³-hybridized carbons (Fsp3) is 0.333. The number of carbonyl (C=O) groups is 2. The van der Waals surface area contributed by atoms with Crippen molar-refractivity contribution in [1.29, 1.82) is 0 Å². The van der Waals surface area contributed by atoms with Gasteiger partial charge in [0.15, 0.2) is 0 Å². The molecular formula is C15H16ClN3O2. The number of ketones is 2. The summed E-state index contributed by atoms with van der Waals surface area (Å²) in [7, 11) is 1.71. The van der Waals surface area contributed by atoms with Crippen molar-refractivity contribution >= 4 is 11.6 Å². The Kier molecular flexibility index (Phi) is 4.23. The average molecular weight is 306 g/mol. The van der Waals surface area contributed by atoms with Crippen molar-refractivity contribution in [2.24, 2.45) is 7.05 Å². The second kappa shape index (κ2) is 5.77. The summed E-state index contributed by atoms with van der Waals surface area (Å²) in [5, 5.41) is 4.31. The molecule has 0 radical (unpaired) electrons. The Morgan fingerprint density at radius 1 is 1.14 bits per heavy atom. The molecule has 21 heavy (non-hydrogen) atoms. The predicted octanol–water partition coefficient (Wildman–Crippen LogP) is -1.71. The van der Waals surface area contributed by atoms with Gasteiger partial charge < -0.3 is 12.4 Å². The Morgan fingerprint density at radius 2 is 1.76 bits per heavy atom. The van der Waals surface area contributed by atoms with E-state index < -0.39 is 0 Å². The first-order valence-corrected chi connectivity index (χ1v) is 6.80. The van der Waals surface area contributed by atoms with Crippen molar-refractivity contribution in [2.75, 3.05) is 0 Å². The number of carbonyl (C=O) groups excluding carboxylic acids is 2. The minimum atomic E-state index is -0.125. The third-order valence-electron chi connectivity index (χ3n) is 3.62. The quantitative estimate of drug-likeness (QED) is 0.541. The van der Waals surface area contributed by atoms with Crippen LogP contribution in [0, 0.1) is 0 Å². The molecule has 3 rings (SSSR count). The molecule has 1 heterocycles. The third kappa shape index (κ3) is 2.27. The number of fused-ring (bicyclic) bond motifs is 2. The lowest BCUT2D eigenvalue weighted by atomic mass is 9.90. The van der Waals surface area contributed by atoms with Crippen molar-refractivity contribution < 1.29 is 26.7 Å². The van der Waals surface area contributed by atoms with Crippen molar-refractivity contribution in [3.05, 3.63) is 46.8 Å². The van der Waals surface area contributed by atoms with Gasteiger partial charge in [-0.05, 0) is 6.42 Å². The van der Waals surface area contributed by atoms with Gasteiger partial charge >= 0.3 is 0 Å². The number of hydrogen-bond acceptors (Lipinski definition) is 3. The number of rotatable bonds is 3. The molecule has 0 spiro atoms. The van der Waals surface area contributed by atoms with Crippen LogP contribution < -0.4 is 17.1 Å². The second-order valence-corrected chi connectivity index (χ2v) is 4.99. The number of benzene rings is 1. The number of hydrogen-bond donors (Lipinski definition) is 0. The molecular weight excluding hydrogens is 290 g/mol. The first-order chi connectivity index (χ1) is 9.65. The summed E-state index contributed by atoms with van der Waals surface area (Å²) in [6.45, 7) is 2.74. The van der Waals surface area contributed by atoms with E-state index in [-0.39, 0.29) is 24.0 Å². The van der Waals surface area contributed by atoms with Gasteiger partial charge in [-0.2, -0.15) is 0 Å². The van der Waals surface area contributed by atoms with E-state index >= 15 is 0 Å². The fourth-order valence-electron chi connectivity index (χ4n) is 2.60. The van der Waals surface area contributed by atoms with Gasteiger partial charge in [-0.25, -0.2) is 0 Å². The van der Waals surface area contributed by atoms with Crippen molar-refractivity contribution in [3.8, 4) is 0 Å². The Hall–Kier alpha value is -2.01. The summed E-state index contributed by atoms with van der Waals surface area (Å²) in [4.78, 5) is 25.2. The van der Waals surface area contributed by atoms with Gasteiger partial charge in [-0.1, -0.05) is 37.6 Å². The lowest BCUT2D eigenvalue weighted by Gasteiger charge is -2.10. The zero-order chi connectivity index (χ0) is 14.3. The number of aromatic nitrogens is 3. The van der Waals surface area contributed by atoms with Crippen LogP contribution in [0.3, 0.4) is 0 Å². The van der Waals surface area contributed by atoms with Crippen LogP contribution in [0.4, 0.5) is 0 Å². The largest absolute Gasteiger partial charge is 1.00 e. The molecule has 110 valence electrons. The van der Waals surface area contributed by atoms with Crippen molar-refractivity contribution in [1.82, 2.24) is 9.90 Å². The molecule has 1 aliphatic carbocycles. The molecule has 5 nitrogen and oxygen atoms in total. The summed E-state index contributed by atoms with van der Waals surface area (Å²) >= 11 is 0. The van der Waals surface area contributed by atoms with E-state index in [2.05, 4.69) is 12.1 Å². The number of unbranched alkanes of at least 4 members (excludes halogenated alkanes) is 1. The Labute approximate surface area is 129 Å². The summed E-state index contributed by atoms with van der Waals surface area (Å²) in [6, 6.07) is 6.95. The number of aryl methyl sites for hydroxylation is 2. The SMILES string of the molecule is CCCCn1n[n+](C)c2c1C(=O)c1ccccc1C2=O.[Cl-]. The second-order valence-electron chi connectivity index (χ2n) is 4.99. The van der Waals surface area contributed by atoms with Gasteiger partial charge in [-0.3, -0.25) is 9.59 Å². The molecule has 1 aromatic heterocycles. The van der Waals surface area contributed by atoms with Gasteiger partial charge in [0.25, 0.3) is 0 Å². The highest BCUT2D eigenvalue weighted by Gasteiger charge is 2.41. The lowest BCUT2D eigenvalue weighted by Crippen LogP contribution is -3.00. The molecule has 2 aromatic rings. The first kappa shape index (κ1) is 15.4. The van der Waals surface area contributed by atoms with Gasteiger partial charge in [-0.15, -0.1) is 9.36 Å². The van der Waals surface area contributed by atoms with Crippen LogP contribution in [0.1, 0.15) is 51.9 Å². The molecule has 6 heteroatoms. The van der Waals surface area contributed by atoms with Gasteiger partial charge in [0, 0.05) is 11.1 Å². The predicted molar refractivity (Wildman–Crippen MR) is 71.6 cm³/mol. The van der Waals surface area contributed by atoms with Gasteiger partial charge in [0.05, 0.1) is 5.21 Å². The molecule has 0 aliphatic heterocycles. The van der Waals surface area contributed by atoms with Crippen molar-refractivity contribution in [3.63, 3.8) is 0 Å². The Bertz CT molecular complexity index is 722. The minimum Gasteiger partial charge on any atom is -1.00 e. The number of halogens is 1. The zero-order valence-corrected chi connectivity index (χ0v) is 12.7. The molecule has 0 unspecified atom stereocenters. The number of nitrogens with zero attached hydrogens (tertiary/aromatic N) is 3. The van der Waals surface area contributed by atoms with E-state index in [1.54, 1.807) is 36.0 Å². The van der Waals surface area contributed by atoms with Crippen LogP contribution in [-0.4, -0.2) is 21.5 Å². The topological polar surface area (TPSA) is 55.8 Å². The van der Waals surface area contributed by atoms with E-state index in [4.69, 9.17) is 0 Å². The summed E-state index contributed by atoms with van der Waals surface area (Å²) < 4.78 is 3.18. The van der Waals surface area contributed by atoms with E-state index in [1.807, 2.05) is 0 Å². The maximum absolute atomic E-state index is 12.6. The van der Waals surface area contributed by atoms with E-state index in [0.717, 1.165) is 12.8 Å². The fourth-order valence-corrected chi connectivity index (χ4v) is 2.60. The van der Waals surface area contributed by atoms with E-state index in [9.17, 15) is 9.59 Å². The van der Waals surface area contributed by atoms with Crippen LogP contribution in [0.2, 0.25) is 0 Å². The van der Waals surface area contributed by atoms with Crippen LogP contribution in [0.25, 0.3) is 0 Å². The van der Waals surface area contributed by atoms with Crippen LogP contribution in [0.5, 0.6) is 0 Å². The standard InChI is InChI=1S/C15H16N3O2.ClH/c1-3-4-9-18-13-12(17(2)16-18)14(19)10-7-5-6-8-11(10)15(13)20;/h5-8H,3-4,9H2,1-2H3;1H/q+1;/p-1. The highest BCUT2D eigenvalue weighted by atomic mass is 35.5. The summed E-state index contributed by atoms with van der Waals surface area (Å²) in [5.41, 5.74) is 1.76. The van der Waals surface area contributed by atoms with Gasteiger partial charge in [0.2, 0.25) is 23.0 Å². The molecule has 1 aliphatic rings. The minimum absolute atomic E-state index is 0. The average Bonchev–Trinajstić information content (AvgIpc) is 2.79. The normalized spacial score (nSPS) is 12.7. The molecule has 0 atom stereocenters. The third-order valence-corrected chi connectivity index (χ3v) is 3.62. The monoisotopic (exact) mass is 305 g/mol. The molecule has 0 bridgehead atoms. The van der Waals surface area contributed by atoms with Crippen molar-refractivity contribution in [2.45, 2.75) is 26.3 Å². The molecule has 0 fully saturated rings. The van der Waals surface area contributed by atoms with Crippen LogP contribution in [-0.2, 0) is 13.6 Å². The lowest BCUT2D eigenvalue weighted by molar-refractivity contribution is -0.733. The smallest absolute Gasteiger partial charge is 0.249 e. The summed E-state index contributed by atoms with van der Waals surface area (Å²) in [6.07, 6.45) is 1.94. The Morgan fingerprint density at radius 3 is 2.38 bits per heavy atom. The summed E-state index contributed by atoms with van der Waals surface area (Å²) in [5.74, 6) is -0.236. The Balaban J connectivity index is 0.00000161. The zero-order valence-electron chi connectivity index (χ0n) is 12.0. The molecule has 0 saturated heterocycles. The highest BCUT2D eigenvalue weighted by molar-refractivity contribution is 6.26. The van der Waals surface area contributed by atoms with E-state index in [0.29, 0.717) is 29.1 Å². The highest BCUT2D eigenvalue weighted by Crippen LogP contribution is 2.24. The molecule has 0 N–H and O–H groups in total. The first-order valence-electron chi connectivity index (χ1n) is 6.80. The van der Waals surface area contributed by atoms with Gasteiger partial charge in [0.1, 0.15) is 13.6 Å². The molecule has 0 saturated carbocycles. The van der Waals surface area contributed by atoms with E-state index in [1.165, 1.54) is 4.68 Å². The van der Waals surface area contributed by atoms with Crippen LogP contribution in [0.15, 0.2) is 24.3 Å². The molecule has 1 aromatic carbocycles. The molecule has 0 amide bonds. The maximum atomic E-state index is 12.6.